The van der Waals surface area contributed by atoms with Crippen LogP contribution in [0, 0.1) is 0 Å². The van der Waals surface area contributed by atoms with Crippen LogP contribution < -0.4 is 5.73 Å². The van der Waals surface area contributed by atoms with E-state index in [0.717, 1.165) is 11.3 Å². The van der Waals surface area contributed by atoms with Crippen LogP contribution in [0.5, 0.6) is 0 Å². The molecule has 1 atom stereocenters. The maximum absolute atomic E-state index is 8.76. The van der Waals surface area contributed by atoms with Crippen molar-refractivity contribution in [3.63, 3.8) is 0 Å². The highest BCUT2D eigenvalue weighted by Gasteiger charge is 2.06. The van der Waals surface area contributed by atoms with Crippen LogP contribution >= 0.6 is 23.4 Å². The summed E-state index contributed by atoms with van der Waals surface area (Å²) in [7, 11) is 0. The first-order valence-corrected chi connectivity index (χ1v) is 5.71. The average Bonchev–Trinajstić information content (AvgIpc) is 2.10. The third kappa shape index (κ3) is 3.40. The molecule has 0 aliphatic carbocycles. The van der Waals surface area contributed by atoms with Gasteiger partial charge in [-0.2, -0.15) is 0 Å². The van der Waals surface area contributed by atoms with Gasteiger partial charge in [-0.3, -0.25) is 0 Å². The number of aliphatic hydroxyl groups excluding tert-OH is 1. The molecule has 0 aliphatic rings. The van der Waals surface area contributed by atoms with E-state index in [1.165, 1.54) is 0 Å². The Hall–Kier alpha value is -0.380. The SMILES string of the molecule is CC(CCO)Sc1ccc(Cl)cc1N. The number of hydrogen-bond acceptors (Lipinski definition) is 3. The Morgan fingerprint density at radius 3 is 2.86 bits per heavy atom. The molecular formula is C10H14ClNOS. The second-order valence-corrected chi connectivity index (χ2v) is 5.04. The Morgan fingerprint density at radius 2 is 2.29 bits per heavy atom. The lowest BCUT2D eigenvalue weighted by molar-refractivity contribution is 0.289. The third-order valence-corrected chi connectivity index (χ3v) is 3.33. The van der Waals surface area contributed by atoms with Crippen LogP contribution in [0.15, 0.2) is 23.1 Å². The van der Waals surface area contributed by atoms with Gasteiger partial charge in [-0.15, -0.1) is 11.8 Å². The van der Waals surface area contributed by atoms with E-state index >= 15 is 0 Å². The predicted octanol–water partition coefficient (Wildman–Crippen LogP) is 2.79. The molecule has 0 spiro atoms. The molecule has 2 nitrogen and oxygen atoms in total. The average molecular weight is 232 g/mol. The molecule has 0 fully saturated rings. The third-order valence-electron chi connectivity index (χ3n) is 1.84. The molecule has 0 bridgehead atoms. The fourth-order valence-electron chi connectivity index (χ4n) is 1.08. The van der Waals surface area contributed by atoms with E-state index in [1.807, 2.05) is 12.1 Å². The fraction of sp³-hybridized carbons (Fsp3) is 0.400. The Labute approximate surface area is 93.5 Å². The summed E-state index contributed by atoms with van der Waals surface area (Å²) in [6.07, 6.45) is 0.771. The van der Waals surface area contributed by atoms with Crippen molar-refractivity contribution in [1.82, 2.24) is 0 Å². The van der Waals surface area contributed by atoms with Crippen LogP contribution in [-0.4, -0.2) is 17.0 Å². The quantitative estimate of drug-likeness (QED) is 0.619. The summed E-state index contributed by atoms with van der Waals surface area (Å²) in [5, 5.41) is 9.78. The first-order chi connectivity index (χ1) is 6.63. The van der Waals surface area contributed by atoms with E-state index < -0.39 is 0 Å². The number of rotatable bonds is 4. The number of nitrogens with two attached hydrogens (primary N) is 1. The van der Waals surface area contributed by atoms with E-state index in [4.69, 9.17) is 22.4 Å². The van der Waals surface area contributed by atoms with Crippen molar-refractivity contribution in [2.75, 3.05) is 12.3 Å². The predicted molar refractivity (Wildman–Crippen MR) is 62.9 cm³/mol. The number of anilines is 1. The smallest absolute Gasteiger partial charge is 0.0467 e. The van der Waals surface area contributed by atoms with Crippen LogP contribution in [-0.2, 0) is 0 Å². The van der Waals surface area contributed by atoms with Gasteiger partial charge in [0.25, 0.3) is 0 Å². The van der Waals surface area contributed by atoms with Gasteiger partial charge in [-0.05, 0) is 24.6 Å². The van der Waals surface area contributed by atoms with E-state index in [1.54, 1.807) is 17.8 Å². The number of nitrogen functional groups attached to an aromatic ring is 1. The van der Waals surface area contributed by atoms with Gasteiger partial charge >= 0.3 is 0 Å². The first kappa shape index (κ1) is 11.7. The molecule has 0 heterocycles. The number of thioether (sulfide) groups is 1. The van der Waals surface area contributed by atoms with Crippen LogP contribution in [0.4, 0.5) is 5.69 Å². The number of halogens is 1. The van der Waals surface area contributed by atoms with Crippen molar-refractivity contribution in [2.24, 2.45) is 0 Å². The van der Waals surface area contributed by atoms with Crippen molar-refractivity contribution in [3.05, 3.63) is 23.2 Å². The summed E-state index contributed by atoms with van der Waals surface area (Å²) in [4.78, 5) is 1.02. The fourth-order valence-corrected chi connectivity index (χ4v) is 2.26. The zero-order valence-corrected chi connectivity index (χ0v) is 9.61. The number of aliphatic hydroxyl groups is 1. The van der Waals surface area contributed by atoms with Gasteiger partial charge in [-0.25, -0.2) is 0 Å². The van der Waals surface area contributed by atoms with E-state index in [0.29, 0.717) is 16.0 Å². The van der Waals surface area contributed by atoms with Gasteiger partial charge in [0.15, 0.2) is 0 Å². The highest BCUT2D eigenvalue weighted by atomic mass is 35.5. The van der Waals surface area contributed by atoms with Crippen molar-refractivity contribution in [1.29, 1.82) is 0 Å². The Bertz CT molecular complexity index is 306. The molecule has 0 aromatic heterocycles. The molecule has 1 rings (SSSR count). The summed E-state index contributed by atoms with van der Waals surface area (Å²) in [6, 6.07) is 5.48. The molecular weight excluding hydrogens is 218 g/mol. The molecule has 1 aromatic rings. The highest BCUT2D eigenvalue weighted by molar-refractivity contribution is 8.00. The van der Waals surface area contributed by atoms with E-state index in [9.17, 15) is 0 Å². The van der Waals surface area contributed by atoms with Gasteiger partial charge in [0.1, 0.15) is 0 Å². The second kappa shape index (κ2) is 5.49. The minimum Gasteiger partial charge on any atom is -0.398 e. The van der Waals surface area contributed by atoms with Crippen LogP contribution in [0.3, 0.4) is 0 Å². The summed E-state index contributed by atoms with van der Waals surface area (Å²) in [5.41, 5.74) is 6.50. The summed E-state index contributed by atoms with van der Waals surface area (Å²) in [6.45, 7) is 2.27. The standard InChI is InChI=1S/C10H14ClNOS/c1-7(4-5-13)14-10-3-2-8(11)6-9(10)12/h2-3,6-7,13H,4-5,12H2,1H3. The zero-order valence-electron chi connectivity index (χ0n) is 8.03. The Balaban J connectivity index is 2.67. The van der Waals surface area contributed by atoms with Gasteiger partial charge in [-0.1, -0.05) is 18.5 Å². The van der Waals surface area contributed by atoms with Crippen LogP contribution in [0.25, 0.3) is 0 Å². The van der Waals surface area contributed by atoms with Gasteiger partial charge < -0.3 is 10.8 Å². The zero-order chi connectivity index (χ0) is 10.6. The molecule has 0 saturated heterocycles. The lowest BCUT2D eigenvalue weighted by atomic mass is 10.3. The summed E-state index contributed by atoms with van der Waals surface area (Å²) < 4.78 is 0. The molecule has 14 heavy (non-hydrogen) atoms. The summed E-state index contributed by atoms with van der Waals surface area (Å²) in [5.74, 6) is 0. The molecule has 3 N–H and O–H groups in total. The first-order valence-electron chi connectivity index (χ1n) is 4.46. The normalized spacial score (nSPS) is 12.8. The van der Waals surface area contributed by atoms with Gasteiger partial charge in [0.05, 0.1) is 0 Å². The lowest BCUT2D eigenvalue weighted by Gasteiger charge is -2.11. The minimum absolute atomic E-state index is 0.210. The largest absolute Gasteiger partial charge is 0.398 e. The molecule has 0 saturated carbocycles. The summed E-state index contributed by atoms with van der Waals surface area (Å²) >= 11 is 7.45. The van der Waals surface area contributed by atoms with Crippen molar-refractivity contribution < 1.29 is 5.11 Å². The molecule has 1 aromatic carbocycles. The van der Waals surface area contributed by atoms with Crippen molar-refractivity contribution in [3.8, 4) is 0 Å². The highest BCUT2D eigenvalue weighted by Crippen LogP contribution is 2.31. The van der Waals surface area contributed by atoms with E-state index in [2.05, 4.69) is 6.92 Å². The Kier molecular flexibility index (Phi) is 4.58. The molecule has 0 amide bonds. The second-order valence-electron chi connectivity index (χ2n) is 3.12. The van der Waals surface area contributed by atoms with Crippen molar-refractivity contribution in [2.45, 2.75) is 23.5 Å². The molecule has 78 valence electrons. The van der Waals surface area contributed by atoms with Crippen LogP contribution in [0.2, 0.25) is 5.02 Å². The molecule has 1 unspecified atom stereocenters. The van der Waals surface area contributed by atoms with Crippen LogP contribution in [0.1, 0.15) is 13.3 Å². The number of hydrogen-bond donors (Lipinski definition) is 2. The van der Waals surface area contributed by atoms with Gasteiger partial charge in [0.2, 0.25) is 0 Å². The van der Waals surface area contributed by atoms with Crippen molar-refractivity contribution >= 4 is 29.1 Å². The lowest BCUT2D eigenvalue weighted by Crippen LogP contribution is -2.00. The Morgan fingerprint density at radius 1 is 1.57 bits per heavy atom. The maximum atomic E-state index is 8.76. The van der Waals surface area contributed by atoms with E-state index in [-0.39, 0.29) is 6.61 Å². The number of benzene rings is 1. The molecule has 4 heteroatoms. The molecule has 0 radical (unpaired) electrons. The monoisotopic (exact) mass is 231 g/mol. The van der Waals surface area contributed by atoms with Gasteiger partial charge in [0, 0.05) is 27.5 Å². The minimum atomic E-state index is 0.210. The maximum Gasteiger partial charge on any atom is 0.0467 e. The molecule has 0 aliphatic heterocycles. The topological polar surface area (TPSA) is 46.2 Å².